The third-order valence-electron chi connectivity index (χ3n) is 5.83. The zero-order valence-electron chi connectivity index (χ0n) is 16.3. The van der Waals surface area contributed by atoms with Crippen molar-refractivity contribution in [3.8, 4) is 0 Å². The molecule has 2 aliphatic rings. The minimum atomic E-state index is -0.610. The van der Waals surface area contributed by atoms with Crippen molar-refractivity contribution < 1.29 is 14.3 Å². The topological polar surface area (TPSA) is 67.7 Å². The maximum Gasteiger partial charge on any atom is 0.254 e. The van der Waals surface area contributed by atoms with E-state index in [1.165, 1.54) is 11.3 Å². The number of thiophene rings is 1. The molecule has 2 aliphatic heterocycles. The second-order valence-electron chi connectivity index (χ2n) is 7.32. The molecule has 4 heterocycles. The van der Waals surface area contributed by atoms with E-state index in [0.29, 0.717) is 45.6 Å². The summed E-state index contributed by atoms with van der Waals surface area (Å²) in [6.45, 7) is 6.98. The second-order valence-corrected chi connectivity index (χ2v) is 8.10. The summed E-state index contributed by atoms with van der Waals surface area (Å²) >= 11 is 1.53. The fourth-order valence-electron chi connectivity index (χ4n) is 4.25. The van der Waals surface area contributed by atoms with E-state index in [9.17, 15) is 9.59 Å². The number of likely N-dealkylation sites (tertiary alicyclic amines) is 1. The van der Waals surface area contributed by atoms with Crippen LogP contribution in [0.3, 0.4) is 0 Å². The Kier molecular flexibility index (Phi) is 5.25. The number of hydrogen-bond acceptors (Lipinski definition) is 5. The van der Waals surface area contributed by atoms with Gasteiger partial charge in [0.2, 0.25) is 0 Å². The number of carbonyl (C=O) groups is 2. The molecule has 0 saturated carbocycles. The zero-order chi connectivity index (χ0) is 19.7. The third kappa shape index (κ3) is 3.24. The molecule has 2 amide bonds. The number of carbonyl (C=O) groups excluding carboxylic acids is 2. The number of piperidine rings is 1. The van der Waals surface area contributed by atoms with Crippen LogP contribution in [0, 0.1) is 0 Å². The van der Waals surface area contributed by atoms with Crippen molar-refractivity contribution in [3.63, 3.8) is 0 Å². The number of aromatic nitrogens is 2. The maximum atomic E-state index is 12.9. The summed E-state index contributed by atoms with van der Waals surface area (Å²) in [5.41, 5.74) is 0.127. The highest BCUT2D eigenvalue weighted by atomic mass is 32.1. The van der Waals surface area contributed by atoms with Crippen LogP contribution in [0.1, 0.15) is 42.9 Å². The van der Waals surface area contributed by atoms with Crippen LogP contribution in [0.15, 0.2) is 29.2 Å². The summed E-state index contributed by atoms with van der Waals surface area (Å²) in [5, 5.41) is 3.80. The number of hydrogen-bond donors (Lipinski definition) is 0. The van der Waals surface area contributed by atoms with Gasteiger partial charge in [-0.25, -0.2) is 4.98 Å². The van der Waals surface area contributed by atoms with Crippen LogP contribution in [0.25, 0.3) is 0 Å². The zero-order valence-corrected chi connectivity index (χ0v) is 17.2. The van der Waals surface area contributed by atoms with Crippen molar-refractivity contribution in [1.29, 1.82) is 0 Å². The van der Waals surface area contributed by atoms with E-state index in [1.807, 2.05) is 51.2 Å². The van der Waals surface area contributed by atoms with Crippen LogP contribution in [0.4, 0.5) is 0 Å². The number of amides is 2. The molecule has 0 N–H and O–H groups in total. The summed E-state index contributed by atoms with van der Waals surface area (Å²) in [7, 11) is 0. The highest BCUT2D eigenvalue weighted by Crippen LogP contribution is 2.40. The Labute approximate surface area is 168 Å². The number of imidazole rings is 1. The SMILES string of the molecule is CCN(CC)C(=O)[C@@H]1Cn2ccnc2C2(CCN(C(=O)c3ccsc3)CC2)O1. The molecule has 8 heteroatoms. The van der Waals surface area contributed by atoms with Crippen LogP contribution in [0.2, 0.25) is 0 Å². The number of likely N-dealkylation sites (N-methyl/N-ethyl adjacent to an activating group) is 1. The molecule has 150 valence electrons. The first-order valence-electron chi connectivity index (χ1n) is 9.87. The first-order chi connectivity index (χ1) is 13.6. The number of fused-ring (bicyclic) bond motifs is 2. The molecule has 2 aromatic heterocycles. The van der Waals surface area contributed by atoms with E-state index in [0.717, 1.165) is 11.4 Å². The average molecular weight is 403 g/mol. The standard InChI is InChI=1S/C20H26N4O3S/c1-3-22(4-2)18(26)16-13-24-11-8-21-19(24)20(27-16)6-9-23(10-7-20)17(25)15-5-12-28-14-15/h5,8,11-12,14,16H,3-4,6-7,9-10,13H2,1-2H3/t16-/m0/s1. The lowest BCUT2D eigenvalue weighted by atomic mass is 9.88. The molecule has 1 atom stereocenters. The fourth-order valence-corrected chi connectivity index (χ4v) is 4.88. The van der Waals surface area contributed by atoms with Crippen molar-refractivity contribution in [2.45, 2.75) is 44.9 Å². The molecular weight excluding hydrogens is 376 g/mol. The molecule has 2 aromatic rings. The van der Waals surface area contributed by atoms with E-state index in [1.54, 1.807) is 6.20 Å². The van der Waals surface area contributed by atoms with Crippen LogP contribution in [-0.4, -0.2) is 63.4 Å². The van der Waals surface area contributed by atoms with Gasteiger partial charge in [-0.1, -0.05) is 0 Å². The molecular formula is C20H26N4O3S. The average Bonchev–Trinajstić information content (AvgIpc) is 3.41. The quantitative estimate of drug-likeness (QED) is 0.787. The number of ether oxygens (including phenoxy) is 1. The minimum Gasteiger partial charge on any atom is -0.352 e. The van der Waals surface area contributed by atoms with Gasteiger partial charge in [-0.15, -0.1) is 0 Å². The molecule has 1 fully saturated rings. The molecule has 4 rings (SSSR count). The number of nitrogens with zero attached hydrogens (tertiary/aromatic N) is 4. The highest BCUT2D eigenvalue weighted by molar-refractivity contribution is 7.08. The molecule has 0 aliphatic carbocycles. The lowest BCUT2D eigenvalue weighted by Crippen LogP contribution is -2.55. The smallest absolute Gasteiger partial charge is 0.254 e. The number of rotatable bonds is 4. The maximum absolute atomic E-state index is 12.9. The Hall–Kier alpha value is -2.19. The summed E-state index contributed by atoms with van der Waals surface area (Å²) in [5.74, 6) is 0.963. The molecule has 0 radical (unpaired) electrons. The monoisotopic (exact) mass is 402 g/mol. The predicted molar refractivity (Wildman–Crippen MR) is 106 cm³/mol. The van der Waals surface area contributed by atoms with E-state index >= 15 is 0 Å². The van der Waals surface area contributed by atoms with Gasteiger partial charge in [0.05, 0.1) is 12.1 Å². The van der Waals surface area contributed by atoms with Gasteiger partial charge >= 0.3 is 0 Å². The molecule has 7 nitrogen and oxygen atoms in total. The van der Waals surface area contributed by atoms with Gasteiger partial charge in [-0.05, 0) is 25.3 Å². The normalized spacial score (nSPS) is 20.8. The van der Waals surface area contributed by atoms with Crippen molar-refractivity contribution >= 4 is 23.2 Å². The van der Waals surface area contributed by atoms with Crippen LogP contribution in [-0.2, 0) is 21.7 Å². The summed E-state index contributed by atoms with van der Waals surface area (Å²) in [6, 6.07) is 1.86. The molecule has 28 heavy (non-hydrogen) atoms. The summed E-state index contributed by atoms with van der Waals surface area (Å²) in [6.07, 6.45) is 4.46. The molecule has 0 bridgehead atoms. The summed E-state index contributed by atoms with van der Waals surface area (Å²) < 4.78 is 8.50. The van der Waals surface area contributed by atoms with E-state index in [4.69, 9.17) is 4.74 Å². The first-order valence-corrected chi connectivity index (χ1v) is 10.8. The Morgan fingerprint density at radius 3 is 2.71 bits per heavy atom. The third-order valence-corrected chi connectivity index (χ3v) is 6.51. The Morgan fingerprint density at radius 1 is 1.32 bits per heavy atom. The molecule has 1 spiro atoms. The first kappa shape index (κ1) is 19.1. The highest BCUT2D eigenvalue weighted by Gasteiger charge is 2.48. The van der Waals surface area contributed by atoms with Gasteiger partial charge in [-0.2, -0.15) is 11.3 Å². The predicted octanol–water partition coefficient (Wildman–Crippen LogP) is 2.34. The van der Waals surface area contributed by atoms with Gasteiger partial charge in [-0.3, -0.25) is 9.59 Å². The van der Waals surface area contributed by atoms with E-state index in [-0.39, 0.29) is 11.8 Å². The van der Waals surface area contributed by atoms with Gasteiger partial charge in [0, 0.05) is 56.8 Å². The second kappa shape index (κ2) is 7.67. The van der Waals surface area contributed by atoms with Crippen molar-refractivity contribution in [1.82, 2.24) is 19.4 Å². The van der Waals surface area contributed by atoms with Crippen LogP contribution >= 0.6 is 11.3 Å². The van der Waals surface area contributed by atoms with Crippen molar-refractivity contribution in [2.24, 2.45) is 0 Å². The Bertz CT molecular complexity index is 836. The lowest BCUT2D eigenvalue weighted by Gasteiger charge is -2.46. The molecule has 0 unspecified atom stereocenters. The van der Waals surface area contributed by atoms with Crippen LogP contribution < -0.4 is 0 Å². The van der Waals surface area contributed by atoms with E-state index < -0.39 is 11.7 Å². The Morgan fingerprint density at radius 2 is 2.07 bits per heavy atom. The summed E-state index contributed by atoms with van der Waals surface area (Å²) in [4.78, 5) is 33.9. The molecule has 1 saturated heterocycles. The van der Waals surface area contributed by atoms with Crippen molar-refractivity contribution in [2.75, 3.05) is 26.2 Å². The van der Waals surface area contributed by atoms with Crippen LogP contribution in [0.5, 0.6) is 0 Å². The fraction of sp³-hybridized carbons (Fsp3) is 0.550. The molecule has 0 aromatic carbocycles. The Balaban J connectivity index is 1.54. The van der Waals surface area contributed by atoms with Gasteiger partial charge in [0.25, 0.3) is 11.8 Å². The largest absolute Gasteiger partial charge is 0.352 e. The minimum absolute atomic E-state index is 0.0282. The van der Waals surface area contributed by atoms with Crippen molar-refractivity contribution in [3.05, 3.63) is 40.6 Å². The van der Waals surface area contributed by atoms with E-state index in [2.05, 4.69) is 4.98 Å². The van der Waals surface area contributed by atoms with Gasteiger partial charge in [0.15, 0.2) is 6.10 Å². The van der Waals surface area contributed by atoms with Gasteiger partial charge < -0.3 is 19.1 Å². The lowest BCUT2D eigenvalue weighted by molar-refractivity contribution is -0.179. The van der Waals surface area contributed by atoms with Gasteiger partial charge in [0.1, 0.15) is 11.4 Å².